The molecule has 8 nitrogen and oxygen atoms in total. The first-order valence-corrected chi connectivity index (χ1v) is 12.0. The fourth-order valence-electron chi connectivity index (χ4n) is 4.07. The van der Waals surface area contributed by atoms with Gasteiger partial charge in [-0.05, 0) is 70.0 Å². The van der Waals surface area contributed by atoms with Crippen LogP contribution in [0.4, 0.5) is 4.79 Å². The van der Waals surface area contributed by atoms with Crippen molar-refractivity contribution in [1.29, 1.82) is 0 Å². The summed E-state index contributed by atoms with van der Waals surface area (Å²) in [6, 6.07) is 7.59. The standard InChI is InChI=1S/C24H30N4O4S/c1-24(2,3)32-23(30)26-15-9-7-14(8-10-15)25-22(29)16-11-12-17(31-4)20-19(16)27-21(28-20)18-6-5-13-33-18/h5-6,11-15H,7-10H2,1-4H3,(H,25,29)(H,26,30)(H,27,28). The second kappa shape index (κ2) is 9.43. The molecule has 2 aromatic heterocycles. The van der Waals surface area contributed by atoms with Gasteiger partial charge < -0.3 is 25.1 Å². The highest BCUT2D eigenvalue weighted by Gasteiger charge is 2.27. The predicted octanol–water partition coefficient (Wildman–Crippen LogP) is 4.87. The Bertz CT molecular complexity index is 1130. The predicted molar refractivity (Wildman–Crippen MR) is 129 cm³/mol. The summed E-state index contributed by atoms with van der Waals surface area (Å²) in [7, 11) is 1.60. The largest absolute Gasteiger partial charge is 0.494 e. The summed E-state index contributed by atoms with van der Waals surface area (Å²) >= 11 is 1.58. The molecular formula is C24H30N4O4S. The van der Waals surface area contributed by atoms with Crippen molar-refractivity contribution in [2.24, 2.45) is 0 Å². The maximum atomic E-state index is 13.1. The van der Waals surface area contributed by atoms with Crippen LogP contribution in [-0.2, 0) is 4.74 Å². The molecule has 3 aromatic rings. The van der Waals surface area contributed by atoms with Gasteiger partial charge >= 0.3 is 6.09 Å². The second-order valence-corrected chi connectivity index (χ2v) is 10.2. The molecule has 0 saturated heterocycles. The topological polar surface area (TPSA) is 105 Å². The Morgan fingerprint density at radius 1 is 1.09 bits per heavy atom. The normalized spacial score (nSPS) is 18.7. The molecule has 1 aliphatic carbocycles. The van der Waals surface area contributed by atoms with Crippen LogP contribution in [0.3, 0.4) is 0 Å². The molecule has 0 radical (unpaired) electrons. The number of hydrogen-bond donors (Lipinski definition) is 3. The van der Waals surface area contributed by atoms with Crippen molar-refractivity contribution in [2.45, 2.75) is 64.1 Å². The zero-order chi connectivity index (χ0) is 23.6. The lowest BCUT2D eigenvalue weighted by atomic mass is 9.91. The average Bonchev–Trinajstić information content (AvgIpc) is 3.43. The van der Waals surface area contributed by atoms with E-state index in [1.165, 1.54) is 0 Å². The molecule has 1 fully saturated rings. The minimum absolute atomic E-state index is 0.0436. The van der Waals surface area contributed by atoms with Crippen molar-refractivity contribution >= 4 is 34.4 Å². The van der Waals surface area contributed by atoms with Gasteiger partial charge in [0.1, 0.15) is 28.2 Å². The van der Waals surface area contributed by atoms with Gasteiger partial charge in [0.05, 0.1) is 17.6 Å². The Labute approximate surface area is 197 Å². The number of nitrogens with zero attached hydrogens (tertiary/aromatic N) is 1. The Morgan fingerprint density at radius 3 is 2.39 bits per heavy atom. The van der Waals surface area contributed by atoms with Gasteiger partial charge in [0, 0.05) is 12.1 Å². The molecule has 176 valence electrons. The third-order valence-electron chi connectivity index (χ3n) is 5.61. The molecule has 2 heterocycles. The molecule has 0 aliphatic heterocycles. The Balaban J connectivity index is 1.42. The number of fused-ring (bicyclic) bond motifs is 1. The minimum Gasteiger partial charge on any atom is -0.494 e. The van der Waals surface area contributed by atoms with Gasteiger partial charge in [0.2, 0.25) is 0 Å². The van der Waals surface area contributed by atoms with Crippen LogP contribution in [0.25, 0.3) is 21.7 Å². The summed E-state index contributed by atoms with van der Waals surface area (Å²) in [5, 5.41) is 8.07. The van der Waals surface area contributed by atoms with E-state index >= 15 is 0 Å². The summed E-state index contributed by atoms with van der Waals surface area (Å²) in [6.07, 6.45) is 2.75. The van der Waals surface area contributed by atoms with E-state index in [1.807, 2.05) is 38.3 Å². The van der Waals surface area contributed by atoms with Gasteiger partial charge in [0.15, 0.2) is 0 Å². The summed E-state index contributed by atoms with van der Waals surface area (Å²) in [5.41, 5.74) is 1.29. The van der Waals surface area contributed by atoms with E-state index in [2.05, 4.69) is 15.6 Å². The number of amides is 2. The number of H-pyrrole nitrogens is 1. The monoisotopic (exact) mass is 470 g/mol. The van der Waals surface area contributed by atoms with Crippen molar-refractivity contribution in [3.8, 4) is 16.5 Å². The van der Waals surface area contributed by atoms with Gasteiger partial charge in [-0.15, -0.1) is 11.3 Å². The van der Waals surface area contributed by atoms with Crippen LogP contribution in [0.15, 0.2) is 29.6 Å². The van der Waals surface area contributed by atoms with E-state index in [1.54, 1.807) is 30.6 Å². The molecule has 9 heteroatoms. The zero-order valence-corrected chi connectivity index (χ0v) is 20.2. The SMILES string of the molecule is COc1ccc(C(=O)NC2CCC(NC(=O)OC(C)(C)C)CC2)c2nc(-c3cccs3)[nH]c12. The number of hydrogen-bond acceptors (Lipinski definition) is 6. The van der Waals surface area contributed by atoms with Crippen molar-refractivity contribution in [3.63, 3.8) is 0 Å². The Morgan fingerprint density at radius 2 is 1.79 bits per heavy atom. The number of thiophene rings is 1. The van der Waals surface area contributed by atoms with Gasteiger partial charge in [0.25, 0.3) is 5.91 Å². The summed E-state index contributed by atoms with van der Waals surface area (Å²) in [4.78, 5) is 34.2. The molecule has 2 amide bonds. The van der Waals surface area contributed by atoms with E-state index < -0.39 is 11.7 Å². The summed E-state index contributed by atoms with van der Waals surface area (Å²) in [5.74, 6) is 1.20. The van der Waals surface area contributed by atoms with E-state index in [0.717, 1.165) is 30.6 Å². The molecule has 0 bridgehead atoms. The van der Waals surface area contributed by atoms with Crippen molar-refractivity contribution in [2.75, 3.05) is 7.11 Å². The Hall–Kier alpha value is -3.07. The van der Waals surface area contributed by atoms with E-state index in [-0.39, 0.29) is 18.0 Å². The van der Waals surface area contributed by atoms with Crippen LogP contribution in [0.5, 0.6) is 5.75 Å². The number of nitrogens with one attached hydrogen (secondary N) is 3. The minimum atomic E-state index is -0.519. The third kappa shape index (κ3) is 5.47. The van der Waals surface area contributed by atoms with Crippen LogP contribution >= 0.6 is 11.3 Å². The molecule has 3 N–H and O–H groups in total. The number of rotatable bonds is 5. The maximum absolute atomic E-state index is 13.1. The second-order valence-electron chi connectivity index (χ2n) is 9.27. The number of alkyl carbamates (subject to hydrolysis) is 1. The summed E-state index contributed by atoms with van der Waals surface area (Å²) < 4.78 is 10.8. The Kier molecular flexibility index (Phi) is 6.60. The zero-order valence-electron chi connectivity index (χ0n) is 19.4. The number of aromatic nitrogens is 2. The van der Waals surface area contributed by atoms with Crippen LogP contribution in [0.2, 0.25) is 0 Å². The van der Waals surface area contributed by atoms with E-state index in [9.17, 15) is 9.59 Å². The number of aromatic amines is 1. The average molecular weight is 471 g/mol. The fraction of sp³-hybridized carbons (Fsp3) is 0.458. The molecule has 4 rings (SSSR count). The molecule has 1 aromatic carbocycles. The van der Waals surface area contributed by atoms with Gasteiger partial charge in [-0.1, -0.05) is 6.07 Å². The highest BCUT2D eigenvalue weighted by atomic mass is 32.1. The van der Waals surface area contributed by atoms with Gasteiger partial charge in [-0.25, -0.2) is 9.78 Å². The van der Waals surface area contributed by atoms with Crippen molar-refractivity contribution in [1.82, 2.24) is 20.6 Å². The lowest BCUT2D eigenvalue weighted by molar-refractivity contribution is 0.0488. The molecule has 0 spiro atoms. The number of carbonyl (C=O) groups excluding carboxylic acids is 2. The molecule has 1 saturated carbocycles. The third-order valence-corrected chi connectivity index (χ3v) is 6.49. The number of imidazole rings is 1. The highest BCUT2D eigenvalue weighted by Crippen LogP contribution is 2.31. The maximum Gasteiger partial charge on any atom is 0.407 e. The first-order chi connectivity index (χ1) is 15.7. The number of benzene rings is 1. The van der Waals surface area contributed by atoms with Crippen molar-refractivity contribution in [3.05, 3.63) is 35.2 Å². The lowest BCUT2D eigenvalue weighted by Gasteiger charge is -2.30. The highest BCUT2D eigenvalue weighted by molar-refractivity contribution is 7.13. The molecule has 1 aliphatic rings. The van der Waals surface area contributed by atoms with Crippen LogP contribution in [0.1, 0.15) is 56.8 Å². The lowest BCUT2D eigenvalue weighted by Crippen LogP contribution is -2.45. The first kappa shape index (κ1) is 23.1. The van der Waals surface area contributed by atoms with E-state index in [0.29, 0.717) is 28.2 Å². The molecule has 33 heavy (non-hydrogen) atoms. The molecule has 0 unspecified atom stereocenters. The molecule has 0 atom stereocenters. The van der Waals surface area contributed by atoms with Crippen LogP contribution in [-0.4, -0.2) is 46.8 Å². The van der Waals surface area contributed by atoms with Gasteiger partial charge in [-0.2, -0.15) is 0 Å². The summed E-state index contributed by atoms with van der Waals surface area (Å²) in [6.45, 7) is 5.54. The molecular weight excluding hydrogens is 440 g/mol. The smallest absolute Gasteiger partial charge is 0.407 e. The van der Waals surface area contributed by atoms with Crippen LogP contribution < -0.4 is 15.4 Å². The fourth-order valence-corrected chi connectivity index (χ4v) is 4.74. The van der Waals surface area contributed by atoms with Crippen LogP contribution in [0, 0.1) is 0 Å². The van der Waals surface area contributed by atoms with Gasteiger partial charge in [-0.3, -0.25) is 4.79 Å². The number of methoxy groups -OCH3 is 1. The van der Waals surface area contributed by atoms with Crippen molar-refractivity contribution < 1.29 is 19.1 Å². The quantitative estimate of drug-likeness (QED) is 0.494. The first-order valence-electron chi connectivity index (χ1n) is 11.1. The van der Waals surface area contributed by atoms with E-state index in [4.69, 9.17) is 14.5 Å². The number of ether oxygens (including phenoxy) is 2. The number of carbonyl (C=O) groups is 2.